The van der Waals surface area contributed by atoms with Gasteiger partial charge >= 0.3 is 5.97 Å². The summed E-state index contributed by atoms with van der Waals surface area (Å²) < 4.78 is 10.3. The van der Waals surface area contributed by atoms with Crippen molar-refractivity contribution in [1.29, 1.82) is 0 Å². The third kappa shape index (κ3) is 4.33. The number of carbonyl (C=O) groups excluding carboxylic acids is 1. The number of rotatable bonds is 5. The van der Waals surface area contributed by atoms with Gasteiger partial charge in [0.1, 0.15) is 11.6 Å². The van der Waals surface area contributed by atoms with Gasteiger partial charge in [0, 0.05) is 24.3 Å². The fourth-order valence-electron chi connectivity index (χ4n) is 3.64. The average molecular weight is 390 g/mol. The molecule has 0 unspecified atom stereocenters. The van der Waals surface area contributed by atoms with E-state index >= 15 is 0 Å². The molecule has 6 nitrogen and oxygen atoms in total. The Morgan fingerprint density at radius 2 is 1.93 bits per heavy atom. The minimum absolute atomic E-state index is 0.140. The van der Waals surface area contributed by atoms with Gasteiger partial charge in [-0.1, -0.05) is 18.2 Å². The van der Waals surface area contributed by atoms with Crippen molar-refractivity contribution >= 4 is 23.4 Å². The Balaban J connectivity index is 1.80. The number of aromatic nitrogens is 2. The van der Waals surface area contributed by atoms with Crippen LogP contribution in [0.3, 0.4) is 0 Å². The first kappa shape index (κ1) is 19.4. The number of para-hydroxylation sites is 1. The fraction of sp³-hybridized carbons (Fsp3) is 0.450. The normalized spacial score (nSPS) is 14.9. The highest BCUT2D eigenvalue weighted by Gasteiger charge is 2.26. The number of esters is 1. The predicted octanol–water partition coefficient (Wildman–Crippen LogP) is 3.55. The molecular weight excluding hydrogens is 366 g/mol. The van der Waals surface area contributed by atoms with E-state index in [0.717, 1.165) is 43.1 Å². The Morgan fingerprint density at radius 3 is 2.59 bits per heavy atom. The van der Waals surface area contributed by atoms with Crippen LogP contribution < -0.4 is 9.64 Å². The van der Waals surface area contributed by atoms with Crippen molar-refractivity contribution in [2.24, 2.45) is 0 Å². The number of carbonyl (C=O) groups is 1. The Labute approximate surface area is 164 Å². The zero-order chi connectivity index (χ0) is 19.4. The maximum absolute atomic E-state index is 11.8. The molecule has 144 valence electrons. The second-order valence-corrected chi connectivity index (χ2v) is 6.97. The van der Waals surface area contributed by atoms with Gasteiger partial charge < -0.3 is 14.4 Å². The van der Waals surface area contributed by atoms with E-state index in [1.165, 1.54) is 12.7 Å². The van der Waals surface area contributed by atoms with Gasteiger partial charge in [-0.25, -0.2) is 9.97 Å². The zero-order valence-corrected chi connectivity index (χ0v) is 16.6. The van der Waals surface area contributed by atoms with E-state index < -0.39 is 0 Å². The van der Waals surface area contributed by atoms with Crippen LogP contribution in [0.4, 0.5) is 5.82 Å². The number of hydrogen-bond acceptors (Lipinski definition) is 6. The van der Waals surface area contributed by atoms with E-state index in [9.17, 15) is 4.79 Å². The Bertz CT molecular complexity index is 820. The van der Waals surface area contributed by atoms with Gasteiger partial charge in [-0.05, 0) is 48.9 Å². The smallest absolute Gasteiger partial charge is 0.310 e. The molecular formula is C20H24ClN3O3. The first-order valence-corrected chi connectivity index (χ1v) is 9.39. The van der Waals surface area contributed by atoms with Crippen LogP contribution in [0.1, 0.15) is 35.6 Å². The van der Waals surface area contributed by atoms with Crippen LogP contribution >= 0.6 is 11.6 Å². The van der Waals surface area contributed by atoms with E-state index in [-0.39, 0.29) is 17.7 Å². The van der Waals surface area contributed by atoms with Gasteiger partial charge in [-0.3, -0.25) is 4.79 Å². The van der Waals surface area contributed by atoms with Crippen molar-refractivity contribution in [3.8, 4) is 5.75 Å². The number of aryl methyl sites for hydroxylation is 1. The lowest BCUT2D eigenvalue weighted by molar-refractivity contribution is -0.139. The Kier molecular flexibility index (Phi) is 6.16. The van der Waals surface area contributed by atoms with Crippen LogP contribution in [0.5, 0.6) is 5.75 Å². The first-order chi connectivity index (χ1) is 13.0. The van der Waals surface area contributed by atoms with Crippen LogP contribution in [0, 0.1) is 6.92 Å². The molecule has 0 N–H and O–H groups in total. The minimum atomic E-state index is -0.311. The third-order valence-electron chi connectivity index (χ3n) is 5.09. The summed E-state index contributed by atoms with van der Waals surface area (Å²) in [6.07, 6.45) is 2.08. The lowest BCUT2D eigenvalue weighted by atomic mass is 9.88. The number of nitrogens with zero attached hydrogens (tertiary/aromatic N) is 3. The summed E-state index contributed by atoms with van der Waals surface area (Å²) in [5.41, 5.74) is 2.73. The van der Waals surface area contributed by atoms with Crippen LogP contribution in [-0.2, 0) is 16.0 Å². The van der Waals surface area contributed by atoms with Gasteiger partial charge in [0.15, 0.2) is 0 Å². The van der Waals surface area contributed by atoms with E-state index in [2.05, 4.69) is 20.9 Å². The number of anilines is 1. The molecule has 7 heteroatoms. The fourth-order valence-corrected chi connectivity index (χ4v) is 3.85. The van der Waals surface area contributed by atoms with E-state index in [1.807, 2.05) is 25.1 Å². The van der Waals surface area contributed by atoms with Crippen LogP contribution in [-0.4, -0.2) is 43.2 Å². The molecule has 1 fully saturated rings. The molecule has 1 aromatic heterocycles. The SMILES string of the molecule is COC(=O)Cc1c(C)nc(Cl)nc1N1CCC(c2ccccc2OC)CC1. The largest absolute Gasteiger partial charge is 0.496 e. The first-order valence-electron chi connectivity index (χ1n) is 9.01. The number of benzene rings is 1. The number of hydrogen-bond donors (Lipinski definition) is 0. The molecule has 0 amide bonds. The summed E-state index contributed by atoms with van der Waals surface area (Å²) in [6, 6.07) is 8.17. The highest BCUT2D eigenvalue weighted by molar-refractivity contribution is 6.28. The number of methoxy groups -OCH3 is 2. The second kappa shape index (κ2) is 8.57. The van der Waals surface area contributed by atoms with Crippen molar-refractivity contribution in [2.75, 3.05) is 32.2 Å². The predicted molar refractivity (Wildman–Crippen MR) is 105 cm³/mol. The maximum atomic E-state index is 11.8. The average Bonchev–Trinajstić information content (AvgIpc) is 2.69. The highest BCUT2D eigenvalue weighted by Crippen LogP contribution is 2.36. The molecule has 1 aliphatic rings. The van der Waals surface area contributed by atoms with Crippen molar-refractivity contribution in [1.82, 2.24) is 9.97 Å². The Morgan fingerprint density at radius 1 is 1.22 bits per heavy atom. The summed E-state index contributed by atoms with van der Waals surface area (Å²) >= 11 is 6.09. The molecule has 1 aromatic carbocycles. The molecule has 0 radical (unpaired) electrons. The molecule has 0 atom stereocenters. The molecule has 1 aliphatic heterocycles. The van der Waals surface area contributed by atoms with Crippen molar-refractivity contribution in [3.05, 3.63) is 46.4 Å². The Hall–Kier alpha value is -2.34. The van der Waals surface area contributed by atoms with Crippen LogP contribution in [0.25, 0.3) is 0 Å². The van der Waals surface area contributed by atoms with Gasteiger partial charge in [-0.15, -0.1) is 0 Å². The van der Waals surface area contributed by atoms with Gasteiger partial charge in [0.2, 0.25) is 5.28 Å². The van der Waals surface area contributed by atoms with Crippen molar-refractivity contribution in [2.45, 2.75) is 32.1 Å². The molecule has 27 heavy (non-hydrogen) atoms. The third-order valence-corrected chi connectivity index (χ3v) is 5.26. The van der Waals surface area contributed by atoms with Gasteiger partial charge in [0.05, 0.1) is 20.6 Å². The second-order valence-electron chi connectivity index (χ2n) is 6.64. The lowest BCUT2D eigenvalue weighted by Crippen LogP contribution is -2.35. The van der Waals surface area contributed by atoms with E-state index in [0.29, 0.717) is 11.6 Å². The standard InChI is InChI=1S/C20H24ClN3O3/c1-13-16(12-18(25)27-3)19(23-20(21)22-13)24-10-8-14(9-11-24)15-6-4-5-7-17(15)26-2/h4-7,14H,8-12H2,1-3H3. The van der Waals surface area contributed by atoms with Gasteiger partial charge in [0.25, 0.3) is 0 Å². The molecule has 2 aromatic rings. The van der Waals surface area contributed by atoms with E-state index in [1.54, 1.807) is 7.11 Å². The summed E-state index contributed by atoms with van der Waals surface area (Å²) in [6.45, 7) is 3.49. The number of piperidine rings is 1. The number of ether oxygens (including phenoxy) is 2. The van der Waals surface area contributed by atoms with Crippen LogP contribution in [0.15, 0.2) is 24.3 Å². The summed E-state index contributed by atoms with van der Waals surface area (Å²) in [7, 11) is 3.09. The zero-order valence-electron chi connectivity index (χ0n) is 15.9. The molecule has 0 spiro atoms. The molecule has 2 heterocycles. The molecule has 1 saturated heterocycles. The molecule has 0 bridgehead atoms. The van der Waals surface area contributed by atoms with Crippen molar-refractivity contribution in [3.63, 3.8) is 0 Å². The van der Waals surface area contributed by atoms with Gasteiger partial charge in [-0.2, -0.15) is 0 Å². The summed E-state index contributed by atoms with van der Waals surface area (Å²) in [5.74, 6) is 1.79. The molecule has 0 saturated carbocycles. The maximum Gasteiger partial charge on any atom is 0.310 e. The minimum Gasteiger partial charge on any atom is -0.496 e. The highest BCUT2D eigenvalue weighted by atomic mass is 35.5. The number of halogens is 1. The van der Waals surface area contributed by atoms with E-state index in [4.69, 9.17) is 21.1 Å². The quantitative estimate of drug-likeness (QED) is 0.575. The molecule has 0 aliphatic carbocycles. The lowest BCUT2D eigenvalue weighted by Gasteiger charge is -2.34. The topological polar surface area (TPSA) is 64.5 Å². The van der Waals surface area contributed by atoms with Crippen LogP contribution in [0.2, 0.25) is 5.28 Å². The van der Waals surface area contributed by atoms with Crippen molar-refractivity contribution < 1.29 is 14.3 Å². The summed E-state index contributed by atoms with van der Waals surface area (Å²) in [4.78, 5) is 22.6. The summed E-state index contributed by atoms with van der Waals surface area (Å²) in [5, 5.41) is 0.197. The monoisotopic (exact) mass is 389 g/mol. The molecule has 3 rings (SSSR count).